The standard InChI is InChI=1S/C25H14Cl2N2O5S2/c26-15-1-5-17(6-2-15)28-35(31,32)19-9-11-21-22-12-10-20(14-24(22)25(30)23(21)13-19)36(33,34)29-18-7-3-16(27)4-8-18/h1-14H/q-2. The Morgan fingerprint density at radius 1 is 0.500 bits per heavy atom. The summed E-state index contributed by atoms with van der Waals surface area (Å²) in [4.78, 5) is 12.8. The van der Waals surface area contributed by atoms with Crippen LogP contribution in [0.3, 0.4) is 0 Å². The minimum Gasteiger partial charge on any atom is -0.573 e. The fourth-order valence-corrected chi connectivity index (χ4v) is 6.02. The Hall–Kier alpha value is -3.37. The van der Waals surface area contributed by atoms with Crippen LogP contribution in [0.4, 0.5) is 11.4 Å². The number of sulfonamides is 2. The summed E-state index contributed by atoms with van der Waals surface area (Å²) in [6, 6.07) is 20.2. The Morgan fingerprint density at radius 3 is 1.22 bits per heavy atom. The van der Waals surface area contributed by atoms with Crippen molar-refractivity contribution in [1.29, 1.82) is 0 Å². The quantitative estimate of drug-likeness (QED) is 0.223. The average Bonchev–Trinajstić information content (AvgIpc) is 3.13. The number of nitrogens with zero attached hydrogens (tertiary/aromatic N) is 2. The van der Waals surface area contributed by atoms with Gasteiger partial charge in [0.2, 0.25) is 0 Å². The van der Waals surface area contributed by atoms with E-state index < -0.39 is 25.8 Å². The van der Waals surface area contributed by atoms with E-state index in [1.54, 1.807) is 0 Å². The second-order valence-electron chi connectivity index (χ2n) is 7.83. The van der Waals surface area contributed by atoms with Crippen LogP contribution in [-0.2, 0) is 20.0 Å². The maximum atomic E-state index is 13.2. The summed E-state index contributed by atoms with van der Waals surface area (Å²) >= 11 is 11.7. The Bertz CT molecular complexity index is 1610. The lowest BCUT2D eigenvalue weighted by Crippen LogP contribution is -2.02. The topological polar surface area (TPSA) is 114 Å². The van der Waals surface area contributed by atoms with Crippen molar-refractivity contribution >= 4 is 60.4 Å². The molecule has 0 amide bonds. The number of ketones is 1. The van der Waals surface area contributed by atoms with Gasteiger partial charge < -0.3 is 9.44 Å². The molecule has 0 aromatic heterocycles. The summed E-state index contributed by atoms with van der Waals surface area (Å²) in [6.45, 7) is 0. The lowest BCUT2D eigenvalue weighted by atomic mass is 10.1. The third kappa shape index (κ3) is 4.58. The summed E-state index contributed by atoms with van der Waals surface area (Å²) in [5.74, 6) is -0.493. The lowest BCUT2D eigenvalue weighted by Gasteiger charge is -2.22. The molecule has 0 radical (unpaired) electrons. The molecule has 0 atom stereocenters. The van der Waals surface area contributed by atoms with Crippen molar-refractivity contribution in [1.82, 2.24) is 0 Å². The summed E-state index contributed by atoms with van der Waals surface area (Å²) in [6.07, 6.45) is 0. The van der Waals surface area contributed by atoms with Crippen molar-refractivity contribution in [3.8, 4) is 11.1 Å². The Labute approximate surface area is 217 Å². The van der Waals surface area contributed by atoms with Crippen LogP contribution in [0.1, 0.15) is 15.9 Å². The largest absolute Gasteiger partial charge is 0.573 e. The first-order valence-corrected chi connectivity index (χ1v) is 14.0. The zero-order valence-electron chi connectivity index (χ0n) is 18.1. The van der Waals surface area contributed by atoms with Gasteiger partial charge in [-0.05, 0) is 59.7 Å². The highest BCUT2D eigenvalue weighted by Gasteiger charge is 2.28. The van der Waals surface area contributed by atoms with Gasteiger partial charge in [0, 0.05) is 21.2 Å². The molecule has 11 heteroatoms. The molecule has 0 unspecified atom stereocenters. The van der Waals surface area contributed by atoms with Crippen molar-refractivity contribution in [3.63, 3.8) is 0 Å². The highest BCUT2D eigenvalue weighted by Crippen LogP contribution is 2.41. The van der Waals surface area contributed by atoms with E-state index in [1.165, 1.54) is 84.9 Å². The summed E-state index contributed by atoms with van der Waals surface area (Å²) in [5.41, 5.74) is 1.66. The van der Waals surface area contributed by atoms with Crippen molar-refractivity contribution in [2.75, 3.05) is 0 Å². The highest BCUT2D eigenvalue weighted by atomic mass is 35.5. The molecule has 4 aromatic carbocycles. The second kappa shape index (κ2) is 8.94. The fourth-order valence-electron chi connectivity index (χ4n) is 3.75. The number of benzene rings is 4. The zero-order chi connectivity index (χ0) is 25.7. The summed E-state index contributed by atoms with van der Waals surface area (Å²) < 4.78 is 58.9. The molecule has 7 nitrogen and oxygen atoms in total. The summed E-state index contributed by atoms with van der Waals surface area (Å²) in [7, 11) is -8.24. The molecule has 4 aromatic rings. The maximum Gasteiger partial charge on any atom is 0.194 e. The van der Waals surface area contributed by atoms with E-state index in [0.29, 0.717) is 21.2 Å². The molecule has 0 fully saturated rings. The first kappa shape index (κ1) is 24.3. The van der Waals surface area contributed by atoms with Gasteiger partial charge in [-0.1, -0.05) is 59.6 Å². The molecule has 182 valence electrons. The monoisotopic (exact) mass is 556 g/mol. The molecule has 36 heavy (non-hydrogen) atoms. The van der Waals surface area contributed by atoms with Gasteiger partial charge in [-0.2, -0.15) is 0 Å². The third-order valence-electron chi connectivity index (χ3n) is 5.46. The Kier molecular flexibility index (Phi) is 6.04. The van der Waals surface area contributed by atoms with Crippen LogP contribution in [0, 0.1) is 0 Å². The van der Waals surface area contributed by atoms with Gasteiger partial charge in [-0.3, -0.25) is 4.79 Å². The number of hydrogen-bond acceptors (Lipinski definition) is 5. The maximum absolute atomic E-state index is 13.2. The van der Waals surface area contributed by atoms with E-state index in [0.717, 1.165) is 0 Å². The van der Waals surface area contributed by atoms with Crippen molar-refractivity contribution in [2.24, 2.45) is 0 Å². The van der Waals surface area contributed by atoms with Gasteiger partial charge >= 0.3 is 0 Å². The normalized spacial score (nSPS) is 12.7. The number of carbonyl (C=O) groups is 1. The molecule has 0 aliphatic heterocycles. The Balaban J connectivity index is 1.45. The van der Waals surface area contributed by atoms with Crippen LogP contribution < -0.4 is 0 Å². The van der Waals surface area contributed by atoms with Crippen molar-refractivity contribution in [2.45, 2.75) is 9.79 Å². The molecule has 0 spiro atoms. The van der Waals surface area contributed by atoms with Crippen molar-refractivity contribution < 1.29 is 21.6 Å². The summed E-state index contributed by atoms with van der Waals surface area (Å²) in [5, 5.41) is 0.879. The molecular formula is C25H14Cl2N2O5S2-2. The third-order valence-corrected chi connectivity index (χ3v) is 8.57. The molecule has 0 N–H and O–H groups in total. The number of rotatable bonds is 6. The number of fused-ring (bicyclic) bond motifs is 3. The molecule has 5 rings (SSSR count). The molecular weight excluding hydrogens is 543 g/mol. The molecule has 1 aliphatic carbocycles. The smallest absolute Gasteiger partial charge is 0.194 e. The Morgan fingerprint density at radius 2 is 0.861 bits per heavy atom. The highest BCUT2D eigenvalue weighted by molar-refractivity contribution is 7.94. The number of hydrogen-bond donors (Lipinski definition) is 0. The zero-order valence-corrected chi connectivity index (χ0v) is 21.2. The molecule has 1 aliphatic rings. The first-order chi connectivity index (χ1) is 17.0. The van der Waals surface area contributed by atoms with E-state index >= 15 is 0 Å². The first-order valence-electron chi connectivity index (χ1n) is 10.3. The number of carbonyl (C=O) groups excluding carboxylic acids is 1. The molecule has 0 saturated heterocycles. The van der Waals surface area contributed by atoms with Gasteiger partial charge in [-0.25, -0.2) is 16.8 Å². The van der Waals surface area contributed by atoms with Crippen LogP contribution in [-0.4, -0.2) is 22.6 Å². The van der Waals surface area contributed by atoms with E-state index in [-0.39, 0.29) is 32.3 Å². The number of halogens is 2. The molecule has 0 heterocycles. The van der Waals surface area contributed by atoms with Crippen molar-refractivity contribution in [3.05, 3.63) is 116 Å². The second-order valence-corrected chi connectivity index (χ2v) is 11.9. The van der Waals surface area contributed by atoms with E-state index in [9.17, 15) is 21.6 Å². The van der Waals surface area contributed by atoms with E-state index in [2.05, 4.69) is 9.44 Å². The van der Waals surface area contributed by atoms with Gasteiger partial charge in [0.25, 0.3) is 0 Å². The van der Waals surface area contributed by atoms with Gasteiger partial charge in [0.15, 0.2) is 5.78 Å². The lowest BCUT2D eigenvalue weighted by molar-refractivity contribution is 0.104. The van der Waals surface area contributed by atoms with Crippen LogP contribution >= 0.6 is 23.2 Å². The van der Waals surface area contributed by atoms with Gasteiger partial charge in [0.1, 0.15) is 20.0 Å². The fraction of sp³-hybridized carbons (Fsp3) is 0. The van der Waals surface area contributed by atoms with Crippen LogP contribution in [0.25, 0.3) is 20.6 Å². The SMILES string of the molecule is O=C1c2cc(S(=O)(=O)[N-]c3ccc(Cl)cc3)ccc2-c2ccc(S(=O)(=O)[N-]c3ccc(Cl)cc3)cc21. The van der Waals surface area contributed by atoms with Crippen LogP contribution in [0.5, 0.6) is 0 Å². The van der Waals surface area contributed by atoms with E-state index in [1.807, 2.05) is 0 Å². The van der Waals surface area contributed by atoms with E-state index in [4.69, 9.17) is 23.2 Å². The minimum atomic E-state index is -4.12. The predicted octanol–water partition coefficient (Wildman–Crippen LogP) is 6.99. The van der Waals surface area contributed by atoms with Crippen LogP contribution in [0.15, 0.2) is 94.7 Å². The minimum absolute atomic E-state index is 0.140. The predicted molar refractivity (Wildman–Crippen MR) is 139 cm³/mol. The van der Waals surface area contributed by atoms with Crippen LogP contribution in [0.2, 0.25) is 10.0 Å². The molecule has 0 bridgehead atoms. The average molecular weight is 557 g/mol. The van der Waals surface area contributed by atoms with Gasteiger partial charge in [0.05, 0.1) is 9.79 Å². The van der Waals surface area contributed by atoms with Gasteiger partial charge in [-0.15, -0.1) is 11.4 Å². The molecule has 0 saturated carbocycles.